The van der Waals surface area contributed by atoms with Gasteiger partial charge in [0, 0.05) is 24.0 Å². The molecule has 5 nitrogen and oxygen atoms in total. The number of hydrogen-bond donors (Lipinski definition) is 1. The Balaban J connectivity index is 2.03. The van der Waals surface area contributed by atoms with Crippen LogP contribution in [0.2, 0.25) is 0 Å². The first-order valence-corrected chi connectivity index (χ1v) is 6.80. The van der Waals surface area contributed by atoms with Gasteiger partial charge in [0.25, 0.3) is 0 Å². The van der Waals surface area contributed by atoms with Crippen LogP contribution in [0.15, 0.2) is 42.6 Å². The van der Waals surface area contributed by atoms with Crippen LogP contribution in [0.5, 0.6) is 5.75 Å². The van der Waals surface area contributed by atoms with Gasteiger partial charge in [-0.2, -0.15) is 0 Å². The number of carbonyl (C=O) groups is 1. The van der Waals surface area contributed by atoms with Crippen LogP contribution in [0.25, 0.3) is 0 Å². The second-order valence-corrected chi connectivity index (χ2v) is 4.40. The van der Waals surface area contributed by atoms with Gasteiger partial charge in [0.05, 0.1) is 13.2 Å². The van der Waals surface area contributed by atoms with Gasteiger partial charge in [0.15, 0.2) is 0 Å². The number of aromatic nitrogens is 1. The van der Waals surface area contributed by atoms with Crippen LogP contribution in [0.3, 0.4) is 0 Å². The van der Waals surface area contributed by atoms with Crippen molar-refractivity contribution in [2.75, 3.05) is 18.9 Å². The van der Waals surface area contributed by atoms with E-state index in [0.29, 0.717) is 36.6 Å². The molecule has 0 radical (unpaired) electrons. The molecule has 2 aromatic rings. The SMILES string of the molecule is CCOC(=O)c1cc(N)ccc1OCCc1ccccn1. The van der Waals surface area contributed by atoms with Crippen LogP contribution in [0.1, 0.15) is 23.0 Å². The summed E-state index contributed by atoms with van der Waals surface area (Å²) >= 11 is 0. The second kappa shape index (κ2) is 7.28. The van der Waals surface area contributed by atoms with E-state index in [1.807, 2.05) is 18.2 Å². The first-order chi connectivity index (χ1) is 10.2. The minimum Gasteiger partial charge on any atom is -0.492 e. The molecule has 0 saturated carbocycles. The number of nitrogen functional groups attached to an aromatic ring is 1. The first kappa shape index (κ1) is 14.8. The number of ether oxygens (including phenoxy) is 2. The smallest absolute Gasteiger partial charge is 0.341 e. The molecule has 0 unspecified atom stereocenters. The normalized spacial score (nSPS) is 10.1. The summed E-state index contributed by atoms with van der Waals surface area (Å²) in [5.74, 6) is 0.0382. The lowest BCUT2D eigenvalue weighted by Gasteiger charge is -2.11. The largest absolute Gasteiger partial charge is 0.492 e. The third-order valence-corrected chi connectivity index (χ3v) is 2.84. The lowest BCUT2D eigenvalue weighted by molar-refractivity contribution is 0.0522. The van der Waals surface area contributed by atoms with E-state index >= 15 is 0 Å². The molecular formula is C16H18N2O3. The van der Waals surface area contributed by atoms with Crippen molar-refractivity contribution in [3.05, 3.63) is 53.9 Å². The number of pyridine rings is 1. The molecule has 0 saturated heterocycles. The molecule has 0 bridgehead atoms. The number of rotatable bonds is 6. The fourth-order valence-electron chi connectivity index (χ4n) is 1.85. The monoisotopic (exact) mass is 286 g/mol. The summed E-state index contributed by atoms with van der Waals surface area (Å²) in [7, 11) is 0. The minimum absolute atomic E-state index is 0.307. The van der Waals surface area contributed by atoms with E-state index in [1.54, 1.807) is 31.3 Å². The van der Waals surface area contributed by atoms with E-state index < -0.39 is 5.97 Å². The molecule has 1 aromatic heterocycles. The molecule has 0 fully saturated rings. The van der Waals surface area contributed by atoms with Gasteiger partial charge in [-0.05, 0) is 37.3 Å². The number of nitrogens with zero attached hydrogens (tertiary/aromatic N) is 1. The van der Waals surface area contributed by atoms with Crippen molar-refractivity contribution < 1.29 is 14.3 Å². The maximum absolute atomic E-state index is 11.9. The summed E-state index contributed by atoms with van der Waals surface area (Å²) in [6, 6.07) is 10.7. The standard InChI is InChI=1S/C16H18N2O3/c1-2-20-16(19)14-11-12(17)6-7-15(14)21-10-8-13-5-3-4-9-18-13/h3-7,9,11H,2,8,10,17H2,1H3. The van der Waals surface area contributed by atoms with Gasteiger partial charge in [-0.15, -0.1) is 0 Å². The van der Waals surface area contributed by atoms with Gasteiger partial charge in [0.2, 0.25) is 0 Å². The lowest BCUT2D eigenvalue weighted by atomic mass is 10.2. The van der Waals surface area contributed by atoms with E-state index in [9.17, 15) is 4.79 Å². The van der Waals surface area contributed by atoms with Crippen molar-refractivity contribution in [3.63, 3.8) is 0 Å². The predicted molar refractivity (Wildman–Crippen MR) is 80.2 cm³/mol. The van der Waals surface area contributed by atoms with Gasteiger partial charge in [-0.3, -0.25) is 4.98 Å². The molecule has 1 aromatic carbocycles. The zero-order chi connectivity index (χ0) is 15.1. The molecule has 2 N–H and O–H groups in total. The highest BCUT2D eigenvalue weighted by molar-refractivity contribution is 5.93. The fourth-order valence-corrected chi connectivity index (χ4v) is 1.85. The van der Waals surface area contributed by atoms with E-state index in [2.05, 4.69) is 4.98 Å². The Labute approximate surface area is 123 Å². The van der Waals surface area contributed by atoms with Crippen LogP contribution in [-0.4, -0.2) is 24.2 Å². The quantitative estimate of drug-likeness (QED) is 0.652. The van der Waals surface area contributed by atoms with Gasteiger partial charge < -0.3 is 15.2 Å². The van der Waals surface area contributed by atoms with E-state index in [4.69, 9.17) is 15.2 Å². The van der Waals surface area contributed by atoms with Gasteiger partial charge >= 0.3 is 5.97 Å². The van der Waals surface area contributed by atoms with Crippen molar-refractivity contribution in [3.8, 4) is 5.75 Å². The molecule has 0 aliphatic heterocycles. The van der Waals surface area contributed by atoms with Crippen molar-refractivity contribution in [1.29, 1.82) is 0 Å². The molecule has 0 aliphatic rings. The summed E-state index contributed by atoms with van der Waals surface area (Å²) in [5, 5.41) is 0. The van der Waals surface area contributed by atoms with Crippen molar-refractivity contribution in [1.82, 2.24) is 4.98 Å². The Morgan fingerprint density at radius 3 is 2.86 bits per heavy atom. The van der Waals surface area contributed by atoms with Crippen LogP contribution >= 0.6 is 0 Å². The van der Waals surface area contributed by atoms with Crippen LogP contribution in [0.4, 0.5) is 5.69 Å². The van der Waals surface area contributed by atoms with Gasteiger partial charge in [-0.1, -0.05) is 6.07 Å². The third kappa shape index (κ3) is 4.21. The number of esters is 1. The number of benzene rings is 1. The van der Waals surface area contributed by atoms with E-state index in [0.717, 1.165) is 5.69 Å². The Kier molecular flexibility index (Phi) is 5.15. The predicted octanol–water partition coefficient (Wildman–Crippen LogP) is 2.46. The van der Waals surface area contributed by atoms with Crippen LogP contribution in [0, 0.1) is 0 Å². The summed E-state index contributed by atoms with van der Waals surface area (Å²) < 4.78 is 10.7. The number of hydrogen-bond acceptors (Lipinski definition) is 5. The average Bonchev–Trinajstić information content (AvgIpc) is 2.50. The average molecular weight is 286 g/mol. The summed E-state index contributed by atoms with van der Waals surface area (Å²) in [6.07, 6.45) is 2.40. The molecular weight excluding hydrogens is 268 g/mol. The molecule has 0 amide bonds. The number of nitrogens with two attached hydrogens (primary N) is 1. The summed E-state index contributed by atoms with van der Waals surface area (Å²) in [5.41, 5.74) is 7.48. The molecule has 1 heterocycles. The highest BCUT2D eigenvalue weighted by Crippen LogP contribution is 2.22. The van der Waals surface area contributed by atoms with Crippen molar-refractivity contribution in [2.24, 2.45) is 0 Å². The Morgan fingerprint density at radius 2 is 2.14 bits per heavy atom. The molecule has 0 aliphatic carbocycles. The second-order valence-electron chi connectivity index (χ2n) is 4.40. The molecule has 2 rings (SSSR count). The molecule has 110 valence electrons. The zero-order valence-electron chi connectivity index (χ0n) is 11.9. The van der Waals surface area contributed by atoms with E-state index in [1.165, 1.54) is 0 Å². The first-order valence-electron chi connectivity index (χ1n) is 6.80. The van der Waals surface area contributed by atoms with Gasteiger partial charge in [-0.25, -0.2) is 4.79 Å². The lowest BCUT2D eigenvalue weighted by Crippen LogP contribution is -2.10. The Hall–Kier alpha value is -2.56. The topological polar surface area (TPSA) is 74.4 Å². The minimum atomic E-state index is -0.433. The summed E-state index contributed by atoms with van der Waals surface area (Å²) in [4.78, 5) is 16.1. The molecule has 5 heteroatoms. The zero-order valence-corrected chi connectivity index (χ0v) is 11.9. The molecule has 21 heavy (non-hydrogen) atoms. The Bertz CT molecular complexity index is 600. The Morgan fingerprint density at radius 1 is 1.29 bits per heavy atom. The summed E-state index contributed by atoms with van der Waals surface area (Å²) in [6.45, 7) is 2.49. The van der Waals surface area contributed by atoms with Crippen molar-refractivity contribution in [2.45, 2.75) is 13.3 Å². The maximum atomic E-state index is 11.9. The third-order valence-electron chi connectivity index (χ3n) is 2.84. The number of carbonyl (C=O) groups excluding carboxylic acids is 1. The number of anilines is 1. The molecule has 0 atom stereocenters. The van der Waals surface area contributed by atoms with Gasteiger partial charge in [0.1, 0.15) is 11.3 Å². The highest BCUT2D eigenvalue weighted by atomic mass is 16.5. The maximum Gasteiger partial charge on any atom is 0.341 e. The highest BCUT2D eigenvalue weighted by Gasteiger charge is 2.14. The van der Waals surface area contributed by atoms with Crippen LogP contribution in [-0.2, 0) is 11.2 Å². The van der Waals surface area contributed by atoms with Crippen molar-refractivity contribution >= 4 is 11.7 Å². The molecule has 0 spiro atoms. The van der Waals surface area contributed by atoms with E-state index in [-0.39, 0.29) is 0 Å². The fraction of sp³-hybridized carbons (Fsp3) is 0.250. The van der Waals surface area contributed by atoms with Crippen LogP contribution < -0.4 is 10.5 Å².